The van der Waals surface area contributed by atoms with Crippen LogP contribution in [0.4, 0.5) is 0 Å². The van der Waals surface area contributed by atoms with Crippen LogP contribution in [0.25, 0.3) is 0 Å². The SMILES string of the molecule is Cc1cccc(C2COCCC2CN)c1. The van der Waals surface area contributed by atoms with E-state index in [2.05, 4.69) is 31.2 Å². The predicted molar refractivity (Wildman–Crippen MR) is 61.9 cm³/mol. The van der Waals surface area contributed by atoms with Crippen LogP contribution in [0.2, 0.25) is 0 Å². The van der Waals surface area contributed by atoms with Crippen molar-refractivity contribution in [1.29, 1.82) is 0 Å². The summed E-state index contributed by atoms with van der Waals surface area (Å²) in [5, 5.41) is 0. The van der Waals surface area contributed by atoms with Gasteiger partial charge in [-0.2, -0.15) is 0 Å². The first-order chi connectivity index (χ1) is 7.31. The molecule has 0 amide bonds. The van der Waals surface area contributed by atoms with Crippen LogP contribution >= 0.6 is 0 Å². The molecule has 82 valence electrons. The standard InChI is InChI=1S/C13H19NO/c1-10-3-2-4-11(7-10)13-9-15-6-5-12(13)8-14/h2-4,7,12-13H,5-6,8-9,14H2,1H3. The Bertz CT molecular complexity index is 324. The molecule has 2 atom stereocenters. The van der Waals surface area contributed by atoms with Crippen molar-refractivity contribution < 1.29 is 4.74 Å². The highest BCUT2D eigenvalue weighted by molar-refractivity contribution is 5.26. The monoisotopic (exact) mass is 205 g/mol. The van der Waals surface area contributed by atoms with Crippen LogP contribution in [0.5, 0.6) is 0 Å². The van der Waals surface area contributed by atoms with Gasteiger partial charge in [0.1, 0.15) is 0 Å². The lowest BCUT2D eigenvalue weighted by Crippen LogP contribution is -2.31. The van der Waals surface area contributed by atoms with Crippen LogP contribution in [0, 0.1) is 12.8 Å². The van der Waals surface area contributed by atoms with Gasteiger partial charge in [0.2, 0.25) is 0 Å². The molecule has 0 aromatic heterocycles. The molecule has 1 aliphatic rings. The maximum atomic E-state index is 5.81. The zero-order valence-corrected chi connectivity index (χ0v) is 9.28. The Hall–Kier alpha value is -0.860. The Morgan fingerprint density at radius 1 is 1.47 bits per heavy atom. The van der Waals surface area contributed by atoms with E-state index >= 15 is 0 Å². The normalized spacial score (nSPS) is 26.5. The molecule has 2 heteroatoms. The summed E-state index contributed by atoms with van der Waals surface area (Å²) in [7, 11) is 0. The maximum absolute atomic E-state index is 5.81. The fourth-order valence-electron chi connectivity index (χ4n) is 2.33. The van der Waals surface area contributed by atoms with Gasteiger partial charge in [0, 0.05) is 12.5 Å². The van der Waals surface area contributed by atoms with Crippen molar-refractivity contribution in [2.45, 2.75) is 19.3 Å². The number of ether oxygens (including phenoxy) is 1. The van der Waals surface area contributed by atoms with Crippen LogP contribution in [0.1, 0.15) is 23.5 Å². The summed E-state index contributed by atoms with van der Waals surface area (Å²) >= 11 is 0. The van der Waals surface area contributed by atoms with Crippen LogP contribution in [-0.4, -0.2) is 19.8 Å². The molecule has 2 rings (SSSR count). The number of hydrogen-bond acceptors (Lipinski definition) is 2. The number of aryl methyl sites for hydroxylation is 1. The minimum Gasteiger partial charge on any atom is -0.381 e. The fraction of sp³-hybridized carbons (Fsp3) is 0.538. The molecule has 2 N–H and O–H groups in total. The number of hydrogen-bond donors (Lipinski definition) is 1. The Labute approximate surface area is 91.4 Å². The lowest BCUT2D eigenvalue weighted by atomic mass is 9.83. The lowest BCUT2D eigenvalue weighted by Gasteiger charge is -2.31. The van der Waals surface area contributed by atoms with Crippen molar-refractivity contribution in [3.05, 3.63) is 35.4 Å². The number of benzene rings is 1. The fourth-order valence-corrected chi connectivity index (χ4v) is 2.33. The first-order valence-electron chi connectivity index (χ1n) is 5.65. The summed E-state index contributed by atoms with van der Waals surface area (Å²) in [6.45, 7) is 4.59. The van der Waals surface area contributed by atoms with Crippen LogP contribution in [0.15, 0.2) is 24.3 Å². The Morgan fingerprint density at radius 3 is 3.07 bits per heavy atom. The average molecular weight is 205 g/mol. The van der Waals surface area contributed by atoms with Crippen molar-refractivity contribution in [3.8, 4) is 0 Å². The van der Waals surface area contributed by atoms with E-state index in [1.54, 1.807) is 0 Å². The molecule has 1 aromatic carbocycles. The second-order valence-electron chi connectivity index (χ2n) is 4.38. The summed E-state index contributed by atoms with van der Waals surface area (Å²) in [4.78, 5) is 0. The molecule has 0 bridgehead atoms. The highest BCUT2D eigenvalue weighted by Gasteiger charge is 2.25. The molecule has 1 aliphatic heterocycles. The first kappa shape index (κ1) is 10.7. The van der Waals surface area contributed by atoms with Gasteiger partial charge in [-0.05, 0) is 31.4 Å². The minimum atomic E-state index is 0.489. The molecule has 1 fully saturated rings. The van der Waals surface area contributed by atoms with Gasteiger partial charge in [-0.1, -0.05) is 29.8 Å². The molecule has 0 aliphatic carbocycles. The van der Waals surface area contributed by atoms with E-state index in [4.69, 9.17) is 10.5 Å². The molecule has 1 aromatic rings. The van der Waals surface area contributed by atoms with Gasteiger partial charge in [0.05, 0.1) is 6.61 Å². The van der Waals surface area contributed by atoms with Crippen molar-refractivity contribution in [1.82, 2.24) is 0 Å². The van der Waals surface area contributed by atoms with Gasteiger partial charge in [-0.15, -0.1) is 0 Å². The van der Waals surface area contributed by atoms with Crippen molar-refractivity contribution >= 4 is 0 Å². The molecule has 15 heavy (non-hydrogen) atoms. The smallest absolute Gasteiger partial charge is 0.0537 e. The van der Waals surface area contributed by atoms with E-state index in [9.17, 15) is 0 Å². The molecule has 2 unspecified atom stereocenters. The topological polar surface area (TPSA) is 35.2 Å². The van der Waals surface area contributed by atoms with Crippen molar-refractivity contribution in [2.75, 3.05) is 19.8 Å². The Balaban J connectivity index is 2.20. The van der Waals surface area contributed by atoms with E-state index in [1.807, 2.05) is 0 Å². The third kappa shape index (κ3) is 2.39. The van der Waals surface area contributed by atoms with Gasteiger partial charge >= 0.3 is 0 Å². The first-order valence-corrected chi connectivity index (χ1v) is 5.65. The van der Waals surface area contributed by atoms with Gasteiger partial charge in [-0.25, -0.2) is 0 Å². The summed E-state index contributed by atoms with van der Waals surface area (Å²) in [6, 6.07) is 8.69. The average Bonchev–Trinajstić information content (AvgIpc) is 2.29. The molecular formula is C13H19NO. The third-order valence-electron chi connectivity index (χ3n) is 3.27. The van der Waals surface area contributed by atoms with Crippen molar-refractivity contribution in [3.63, 3.8) is 0 Å². The highest BCUT2D eigenvalue weighted by atomic mass is 16.5. The second-order valence-corrected chi connectivity index (χ2v) is 4.38. The lowest BCUT2D eigenvalue weighted by molar-refractivity contribution is 0.0494. The van der Waals surface area contributed by atoms with E-state index in [0.29, 0.717) is 11.8 Å². The van der Waals surface area contributed by atoms with Crippen LogP contribution in [-0.2, 0) is 4.74 Å². The number of rotatable bonds is 2. The van der Waals surface area contributed by atoms with Gasteiger partial charge < -0.3 is 10.5 Å². The predicted octanol–water partition coefficient (Wildman–Crippen LogP) is 2.07. The maximum Gasteiger partial charge on any atom is 0.0537 e. The largest absolute Gasteiger partial charge is 0.381 e. The van der Waals surface area contributed by atoms with Crippen LogP contribution in [0.3, 0.4) is 0 Å². The van der Waals surface area contributed by atoms with E-state index in [1.165, 1.54) is 11.1 Å². The minimum absolute atomic E-state index is 0.489. The summed E-state index contributed by atoms with van der Waals surface area (Å²) in [5.41, 5.74) is 8.51. The van der Waals surface area contributed by atoms with Crippen molar-refractivity contribution in [2.24, 2.45) is 11.7 Å². The molecule has 1 heterocycles. The van der Waals surface area contributed by atoms with Gasteiger partial charge in [0.25, 0.3) is 0 Å². The summed E-state index contributed by atoms with van der Waals surface area (Å²) < 4.78 is 5.55. The Morgan fingerprint density at radius 2 is 2.33 bits per heavy atom. The zero-order chi connectivity index (χ0) is 10.7. The van der Waals surface area contributed by atoms with Gasteiger partial charge in [0.15, 0.2) is 0 Å². The molecule has 0 spiro atoms. The van der Waals surface area contributed by atoms with Gasteiger partial charge in [-0.3, -0.25) is 0 Å². The number of nitrogens with two attached hydrogens (primary N) is 1. The molecule has 0 saturated carbocycles. The Kier molecular flexibility index (Phi) is 3.39. The molecule has 0 radical (unpaired) electrons. The zero-order valence-electron chi connectivity index (χ0n) is 9.28. The molecular weight excluding hydrogens is 186 g/mol. The summed E-state index contributed by atoms with van der Waals surface area (Å²) in [5.74, 6) is 1.07. The third-order valence-corrected chi connectivity index (χ3v) is 3.27. The molecule has 1 saturated heterocycles. The van der Waals surface area contributed by atoms with E-state index in [-0.39, 0.29) is 0 Å². The summed E-state index contributed by atoms with van der Waals surface area (Å²) in [6.07, 6.45) is 1.09. The highest BCUT2D eigenvalue weighted by Crippen LogP contribution is 2.30. The second kappa shape index (κ2) is 4.77. The van der Waals surface area contributed by atoms with E-state index < -0.39 is 0 Å². The molecule has 2 nitrogen and oxygen atoms in total. The van der Waals surface area contributed by atoms with E-state index in [0.717, 1.165) is 26.2 Å². The van der Waals surface area contributed by atoms with Crippen LogP contribution < -0.4 is 5.73 Å². The quantitative estimate of drug-likeness (QED) is 0.802.